The molecule has 618 valence electrons. The lowest BCUT2D eigenvalue weighted by molar-refractivity contribution is -0.646. The van der Waals surface area contributed by atoms with Crippen molar-refractivity contribution in [2.75, 3.05) is 18.6 Å². The zero-order valence-electron chi connectivity index (χ0n) is 73.9. The molecule has 7 aromatic heterocycles. The zero-order valence-corrected chi connectivity index (χ0v) is 73.9. The molecule has 0 spiro atoms. The number of nitrogens with one attached hydrogen (secondary N) is 1. The van der Waals surface area contributed by atoms with Gasteiger partial charge in [-0.25, -0.2) is 19.4 Å². The minimum Gasteiger partial charge on any atom is -0.482 e. The number of nitrogens with zero attached hydrogens (tertiary/aromatic N) is 13. The fourth-order valence-electron chi connectivity index (χ4n) is 13.8. The molecule has 25 nitrogen and oxygen atoms in total. The number of rotatable bonds is 0. The van der Waals surface area contributed by atoms with E-state index < -0.39 is 11.1 Å². The van der Waals surface area contributed by atoms with Crippen molar-refractivity contribution in [2.45, 2.75) is 125 Å². The first-order valence-electron chi connectivity index (χ1n) is 38.7. The van der Waals surface area contributed by atoms with Crippen molar-refractivity contribution in [1.29, 1.82) is 0 Å². The summed E-state index contributed by atoms with van der Waals surface area (Å²) in [5.74, 6) is 1.55. The minimum atomic E-state index is -0.488. The highest BCUT2D eigenvalue weighted by molar-refractivity contribution is 5.97. The van der Waals surface area contributed by atoms with Crippen LogP contribution in [0.15, 0.2) is 152 Å². The fourth-order valence-corrected chi connectivity index (χ4v) is 13.8. The van der Waals surface area contributed by atoms with E-state index in [-0.39, 0.29) is 51.8 Å². The van der Waals surface area contributed by atoms with E-state index in [1.54, 1.807) is 108 Å². The van der Waals surface area contributed by atoms with Gasteiger partial charge in [-0.1, -0.05) is 6.07 Å². The Hall–Kier alpha value is -13.1. The largest absolute Gasteiger partial charge is 0.482 e. The van der Waals surface area contributed by atoms with Crippen LogP contribution in [0.25, 0.3) is 76.8 Å². The average molecular weight is 1600 g/mol. The molecule has 1 aliphatic heterocycles. The predicted molar refractivity (Wildman–Crippen MR) is 478 cm³/mol. The van der Waals surface area contributed by atoms with Gasteiger partial charge in [-0.3, -0.25) is 61.0 Å². The summed E-state index contributed by atoms with van der Waals surface area (Å²) >= 11 is 0. The molecular formula is C93H111N14O11+. The Bertz CT molecular complexity index is 6980. The van der Waals surface area contributed by atoms with Gasteiger partial charge in [-0.15, -0.1) is 0 Å². The summed E-state index contributed by atoms with van der Waals surface area (Å²) in [5, 5.41) is 2.46. The summed E-state index contributed by atoms with van der Waals surface area (Å²) in [5.41, 5.74) is 29.3. The molecule has 1 amide bonds. The number of hydrogen-bond acceptors (Lipinski definition) is 12. The molecule has 8 heterocycles. The van der Waals surface area contributed by atoms with Crippen molar-refractivity contribution in [2.24, 2.45) is 77.5 Å². The van der Waals surface area contributed by atoms with Crippen molar-refractivity contribution >= 4 is 88.4 Å². The van der Waals surface area contributed by atoms with Crippen LogP contribution in [-0.2, 0) is 82.3 Å². The molecule has 1 N–H and O–H groups in total. The Kier molecular flexibility index (Phi) is 26.5. The summed E-state index contributed by atoms with van der Waals surface area (Å²) in [6.07, 6.45) is 1.61. The van der Waals surface area contributed by atoms with Crippen LogP contribution in [0.2, 0.25) is 0 Å². The van der Waals surface area contributed by atoms with Gasteiger partial charge >= 0.3 is 33.7 Å². The number of aromatic amines is 1. The summed E-state index contributed by atoms with van der Waals surface area (Å²) in [6, 6.07) is 33.7. The number of fused-ring (bicyclic) bond motifs is 8. The van der Waals surface area contributed by atoms with E-state index in [9.17, 15) is 47.9 Å². The second-order valence-corrected chi connectivity index (χ2v) is 31.4. The molecule has 0 radical (unpaired) electrons. The standard InChI is InChI=1S/C13H15NO.2C12H14N2O2.C12H15N2O.C12H14N2O.C11H14N2O.C11H13NO2.C10H12N2O/c1-8-5-11-10(3)7-13(15)14(4)12(11)6-9(8)2;1-7-5-9-10(6-8(7)2)14(4)12(16)11(15)13(9)3;1-7-5-9-10(6-8(7)2)13(3)12(16)14(4)11(9)15;1-8-5-10-11(6-9(8)2)14(4)12(15)7-13(10)3;1-7-5-10-11(6-8(7)2)13-9(3)14(4)12(10)15;1-7-5-9-10(6-8(7)2)13(4)11(14)12(9)3;1-7-4-9-10(5-8(7)2)14-6-11(13)12(9)3;1-6-4-5-8-9(7(6)2)11-10(13)12(8)3/h5-7H,1-4H3;2*5-6H,1-4H3;5-7H,1-4H3;5-6H,1-4H3;5-6H,1-4H3;4-5H,6H2,1-3H3;4-5H,1-3H3,(H,11,13)/q;;;+1;;;;. The number of imidazole rings is 2. The smallest absolute Gasteiger partial charge is 0.330 e. The van der Waals surface area contributed by atoms with E-state index in [1.807, 2.05) is 162 Å². The number of carbonyl (C=O) groups excluding carboxylic acids is 1. The van der Waals surface area contributed by atoms with E-state index in [0.717, 1.165) is 116 Å². The lowest BCUT2D eigenvalue weighted by Crippen LogP contribution is -2.39. The first-order valence-corrected chi connectivity index (χ1v) is 38.7. The van der Waals surface area contributed by atoms with Crippen LogP contribution in [0.5, 0.6) is 5.75 Å². The molecule has 1 aliphatic rings. The molecule has 0 saturated carbocycles. The van der Waals surface area contributed by atoms with Crippen LogP contribution in [0.1, 0.15) is 100 Å². The fraction of sp³-hybridized carbons (Fsp3) is 0.333. The molecule has 16 rings (SSSR count). The number of aryl methyl sites for hydroxylation is 27. The van der Waals surface area contributed by atoms with Gasteiger partial charge < -0.3 is 32.9 Å². The quantitative estimate of drug-likeness (QED) is 0.110. The highest BCUT2D eigenvalue weighted by Gasteiger charge is 2.23. The van der Waals surface area contributed by atoms with Gasteiger partial charge in [-0.05, 0) is 304 Å². The summed E-state index contributed by atoms with van der Waals surface area (Å²) in [4.78, 5) is 125. The van der Waals surface area contributed by atoms with Crippen molar-refractivity contribution in [1.82, 2.24) is 55.6 Å². The number of benzene rings is 8. The molecule has 25 heteroatoms. The molecule has 0 fully saturated rings. The number of amides is 1. The third kappa shape index (κ3) is 17.8. The number of anilines is 1. The number of pyridine rings is 1. The van der Waals surface area contributed by atoms with Gasteiger partial charge in [0.05, 0.1) is 66.1 Å². The topological polar surface area (TPSA) is 265 Å². The van der Waals surface area contributed by atoms with Gasteiger partial charge in [0, 0.05) is 95.0 Å². The molecule has 0 unspecified atom stereocenters. The highest BCUT2D eigenvalue weighted by Crippen LogP contribution is 2.34. The van der Waals surface area contributed by atoms with Gasteiger partial charge in [-0.2, -0.15) is 4.57 Å². The molecule has 15 aromatic rings. The Balaban J connectivity index is 0.000000154. The molecule has 0 atom stereocenters. The number of aromatic nitrogens is 13. The van der Waals surface area contributed by atoms with Gasteiger partial charge in [0.15, 0.2) is 6.61 Å². The molecular weight excluding hydrogens is 1490 g/mol. The third-order valence-corrected chi connectivity index (χ3v) is 23.3. The molecule has 118 heavy (non-hydrogen) atoms. The van der Waals surface area contributed by atoms with Crippen LogP contribution in [0.3, 0.4) is 0 Å². The lowest BCUT2D eigenvalue weighted by atomic mass is 10.0. The van der Waals surface area contributed by atoms with Gasteiger partial charge in [0.1, 0.15) is 24.1 Å². The van der Waals surface area contributed by atoms with Crippen LogP contribution in [0.4, 0.5) is 5.69 Å². The number of likely N-dealkylation sites (N-methyl/N-ethyl adjacent to an activating group) is 1. The molecule has 0 bridgehead atoms. The summed E-state index contributed by atoms with van der Waals surface area (Å²) in [7, 11) is 20.9. The van der Waals surface area contributed by atoms with E-state index in [2.05, 4.69) is 87.9 Å². The van der Waals surface area contributed by atoms with Crippen LogP contribution < -0.4 is 64.6 Å². The van der Waals surface area contributed by atoms with Crippen LogP contribution >= 0.6 is 0 Å². The summed E-state index contributed by atoms with van der Waals surface area (Å²) in [6.45, 7) is 36.5. The molecule has 8 aromatic carbocycles. The number of H-pyrrole nitrogens is 1. The Morgan fingerprint density at radius 3 is 1.24 bits per heavy atom. The Morgan fingerprint density at radius 1 is 0.331 bits per heavy atom. The first kappa shape index (κ1) is 88.9. The maximum absolute atomic E-state index is 11.9. The van der Waals surface area contributed by atoms with E-state index >= 15 is 0 Å². The van der Waals surface area contributed by atoms with E-state index in [0.29, 0.717) is 16.3 Å². The highest BCUT2D eigenvalue weighted by atomic mass is 16.5. The number of carbonyl (C=O) groups is 1. The SMILES string of the molecule is Cc1cc2c(=O)n(C)c(=O)n(C)c2cc1C.Cc1cc2c(C)cc(=O)n(C)c2cc1C.Cc1cc2c(cc1C)N(C)C(=O)CO2.Cc1cc2c(cc1C)[n+](C)cc(=O)n2C.Cc1cc2c(cc1C)n(C)c(=O)c(=O)n2C.Cc1cc2c(cc1C)n(C)c(=O)n2C.Cc1cc2nc(C)n(C)c(=O)c2cc1C.Cc1ccc2c([nH]c(=O)n2C)c1C. The van der Waals surface area contributed by atoms with E-state index in [1.165, 1.54) is 81.8 Å². The Morgan fingerprint density at radius 2 is 0.720 bits per heavy atom. The molecule has 0 aliphatic carbocycles. The van der Waals surface area contributed by atoms with Crippen LogP contribution in [-0.4, -0.2) is 75.2 Å². The second-order valence-electron chi connectivity index (χ2n) is 31.4. The average Bonchev–Trinajstić information content (AvgIpc) is 1.32. The maximum atomic E-state index is 11.9. The predicted octanol–water partition coefficient (Wildman–Crippen LogP) is 11.6. The second kappa shape index (κ2) is 35.2. The zero-order chi connectivity index (χ0) is 87.9. The van der Waals surface area contributed by atoms with Gasteiger partial charge in [0.2, 0.25) is 11.7 Å². The first-order chi connectivity index (χ1) is 55.1. The minimum absolute atomic E-state index is 0.000697. The van der Waals surface area contributed by atoms with Gasteiger partial charge in [0.25, 0.3) is 22.6 Å². The lowest BCUT2D eigenvalue weighted by Gasteiger charge is -2.26. The van der Waals surface area contributed by atoms with Crippen molar-refractivity contribution in [3.63, 3.8) is 0 Å². The van der Waals surface area contributed by atoms with Crippen molar-refractivity contribution in [3.8, 4) is 5.75 Å². The van der Waals surface area contributed by atoms with Crippen LogP contribution in [0, 0.1) is 125 Å². The molecule has 0 saturated heterocycles. The third-order valence-electron chi connectivity index (χ3n) is 23.3. The number of hydrogen-bond donors (Lipinski definition) is 1. The summed E-state index contributed by atoms with van der Waals surface area (Å²) < 4.78 is 22.6. The van der Waals surface area contributed by atoms with Crippen molar-refractivity contribution < 1.29 is 14.1 Å². The van der Waals surface area contributed by atoms with Crippen molar-refractivity contribution in [3.05, 3.63) is 303 Å². The number of ether oxygens (including phenoxy) is 1. The van der Waals surface area contributed by atoms with E-state index in [4.69, 9.17) is 4.74 Å². The monoisotopic (exact) mass is 1600 g/mol. The normalized spacial score (nSPS) is 11.5. The Labute approximate surface area is 684 Å². The maximum Gasteiger partial charge on any atom is 0.330 e.